The van der Waals surface area contributed by atoms with Crippen molar-refractivity contribution in [3.05, 3.63) is 0 Å². The maximum Gasteiger partial charge on any atom is 0.327 e. The molecule has 0 saturated heterocycles. The molecule has 1 rings (SSSR count). The molecule has 0 spiro atoms. The minimum Gasteiger partial charge on any atom is -0.481 e. The number of Topliss-reactive ketones (excluding diaryl/α,β-unsaturated/α-hetero) is 1. The van der Waals surface area contributed by atoms with Crippen LogP contribution in [0.1, 0.15) is 13.3 Å². The minimum absolute atomic E-state index is 0.0502. The van der Waals surface area contributed by atoms with Crippen molar-refractivity contribution < 1.29 is 29.4 Å². The maximum atomic E-state index is 11.3. The first-order valence-electron chi connectivity index (χ1n) is 5.66. The van der Waals surface area contributed by atoms with Gasteiger partial charge in [0.05, 0.1) is 5.92 Å². The number of carbonyl (C=O) groups is 4. The highest BCUT2D eigenvalue weighted by atomic mass is 32.2. The highest BCUT2D eigenvalue weighted by Gasteiger charge is 2.44. The summed E-state index contributed by atoms with van der Waals surface area (Å²) in [6.45, 7) is 1.22. The van der Waals surface area contributed by atoms with Crippen molar-refractivity contribution in [3.63, 3.8) is 0 Å². The summed E-state index contributed by atoms with van der Waals surface area (Å²) in [5.41, 5.74) is 0. The number of amides is 1. The largest absolute Gasteiger partial charge is 0.481 e. The third-order valence-electron chi connectivity index (χ3n) is 2.90. The number of carboxylic acid groups (broad SMARTS) is 2. The predicted molar refractivity (Wildman–Crippen MR) is 66.8 cm³/mol. The molecule has 3 N–H and O–H groups in total. The first-order valence-corrected chi connectivity index (χ1v) is 6.81. The first kappa shape index (κ1) is 15.5. The van der Waals surface area contributed by atoms with Crippen LogP contribution in [0.3, 0.4) is 0 Å². The molecule has 2 unspecified atom stereocenters. The lowest BCUT2D eigenvalue weighted by Crippen LogP contribution is -2.44. The van der Waals surface area contributed by atoms with E-state index in [2.05, 4.69) is 5.32 Å². The lowest BCUT2D eigenvalue weighted by atomic mass is 9.73. The van der Waals surface area contributed by atoms with Crippen LogP contribution in [0.4, 0.5) is 0 Å². The molecule has 0 radical (unpaired) electrons. The Morgan fingerprint density at radius 2 is 2.05 bits per heavy atom. The van der Waals surface area contributed by atoms with E-state index in [0.29, 0.717) is 0 Å². The van der Waals surface area contributed by atoms with Crippen LogP contribution in [0.25, 0.3) is 0 Å². The molecule has 8 heteroatoms. The van der Waals surface area contributed by atoms with Gasteiger partial charge in [-0.3, -0.25) is 14.4 Å². The van der Waals surface area contributed by atoms with E-state index in [1.807, 2.05) is 0 Å². The SMILES string of the molecule is CC(=O)N[C@@H](CSCC1C(=O)CC1C(=O)O)C(=O)O. The molecule has 1 fully saturated rings. The molecule has 1 aliphatic rings. The number of thioether (sulfide) groups is 1. The van der Waals surface area contributed by atoms with E-state index in [4.69, 9.17) is 10.2 Å². The number of hydrogen-bond donors (Lipinski definition) is 3. The summed E-state index contributed by atoms with van der Waals surface area (Å²) in [5.74, 6) is -3.55. The van der Waals surface area contributed by atoms with Gasteiger partial charge in [-0.15, -0.1) is 0 Å². The first-order chi connectivity index (χ1) is 8.82. The van der Waals surface area contributed by atoms with Gasteiger partial charge in [-0.25, -0.2) is 4.79 Å². The van der Waals surface area contributed by atoms with Gasteiger partial charge in [0.1, 0.15) is 11.8 Å². The van der Waals surface area contributed by atoms with Crippen LogP contribution in [0.15, 0.2) is 0 Å². The van der Waals surface area contributed by atoms with Gasteiger partial charge in [-0.2, -0.15) is 11.8 Å². The molecule has 1 saturated carbocycles. The highest BCUT2D eigenvalue weighted by Crippen LogP contribution is 2.33. The third kappa shape index (κ3) is 4.23. The summed E-state index contributed by atoms with van der Waals surface area (Å²) < 4.78 is 0. The van der Waals surface area contributed by atoms with Gasteiger partial charge in [0, 0.05) is 30.8 Å². The van der Waals surface area contributed by atoms with Gasteiger partial charge in [0.2, 0.25) is 5.91 Å². The van der Waals surface area contributed by atoms with Crippen molar-refractivity contribution >= 4 is 35.4 Å². The quantitative estimate of drug-likeness (QED) is 0.583. The van der Waals surface area contributed by atoms with Gasteiger partial charge in [0.15, 0.2) is 0 Å². The zero-order chi connectivity index (χ0) is 14.6. The number of carbonyl (C=O) groups excluding carboxylic acids is 2. The molecule has 0 aromatic heterocycles. The fraction of sp³-hybridized carbons (Fsp3) is 0.636. The number of aliphatic carboxylic acids is 2. The molecule has 3 atom stereocenters. The Balaban J connectivity index is 2.39. The Morgan fingerprint density at radius 1 is 1.42 bits per heavy atom. The maximum absolute atomic E-state index is 11.3. The molecule has 0 heterocycles. The van der Waals surface area contributed by atoms with E-state index in [0.717, 1.165) is 11.8 Å². The van der Waals surface area contributed by atoms with Crippen molar-refractivity contribution in [1.82, 2.24) is 5.32 Å². The number of nitrogens with one attached hydrogen (secondary N) is 1. The van der Waals surface area contributed by atoms with Crippen LogP contribution >= 0.6 is 11.8 Å². The minimum atomic E-state index is -1.16. The second kappa shape index (κ2) is 6.55. The molecule has 7 nitrogen and oxygen atoms in total. The normalized spacial score (nSPS) is 23.3. The van der Waals surface area contributed by atoms with E-state index < -0.39 is 35.7 Å². The highest BCUT2D eigenvalue weighted by molar-refractivity contribution is 7.99. The van der Waals surface area contributed by atoms with Crippen molar-refractivity contribution in [1.29, 1.82) is 0 Å². The molecular formula is C11H15NO6S. The monoisotopic (exact) mass is 289 g/mol. The molecule has 0 aromatic rings. The Morgan fingerprint density at radius 3 is 2.47 bits per heavy atom. The summed E-state index contributed by atoms with van der Waals surface area (Å²) in [4.78, 5) is 43.7. The van der Waals surface area contributed by atoms with Crippen LogP contribution in [-0.2, 0) is 19.2 Å². The van der Waals surface area contributed by atoms with E-state index in [1.54, 1.807) is 0 Å². The Bertz CT molecular complexity index is 400. The van der Waals surface area contributed by atoms with Crippen LogP contribution in [0.2, 0.25) is 0 Å². The van der Waals surface area contributed by atoms with Crippen LogP contribution in [0, 0.1) is 11.8 Å². The average Bonchev–Trinajstić information content (AvgIpc) is 2.28. The van der Waals surface area contributed by atoms with Crippen LogP contribution in [0.5, 0.6) is 0 Å². The van der Waals surface area contributed by atoms with E-state index in [-0.39, 0.29) is 23.7 Å². The van der Waals surface area contributed by atoms with E-state index in [9.17, 15) is 19.2 Å². The van der Waals surface area contributed by atoms with Crippen molar-refractivity contribution in [3.8, 4) is 0 Å². The van der Waals surface area contributed by atoms with Crippen molar-refractivity contribution in [2.75, 3.05) is 11.5 Å². The standard InChI is InChI=1S/C11H15NO6S/c1-5(13)12-8(11(17)18)4-19-3-7-6(10(15)16)2-9(7)14/h6-8H,2-4H2,1H3,(H,12,13)(H,15,16)(H,17,18)/t6?,7?,8-/m0/s1. The van der Waals surface area contributed by atoms with Gasteiger partial charge in [-0.1, -0.05) is 0 Å². The van der Waals surface area contributed by atoms with E-state index in [1.165, 1.54) is 6.92 Å². The summed E-state index contributed by atoms with van der Waals surface area (Å²) in [6, 6.07) is -1.03. The second-order valence-electron chi connectivity index (χ2n) is 4.35. The zero-order valence-corrected chi connectivity index (χ0v) is 11.1. The molecule has 0 bridgehead atoms. The van der Waals surface area contributed by atoms with Gasteiger partial charge >= 0.3 is 11.9 Å². The molecule has 19 heavy (non-hydrogen) atoms. The molecule has 0 aliphatic heterocycles. The smallest absolute Gasteiger partial charge is 0.327 e. The Kier molecular flexibility index (Phi) is 5.34. The van der Waals surface area contributed by atoms with Crippen LogP contribution < -0.4 is 5.32 Å². The number of hydrogen-bond acceptors (Lipinski definition) is 5. The lowest BCUT2D eigenvalue weighted by Gasteiger charge is -2.31. The Hall–Kier alpha value is -1.57. The van der Waals surface area contributed by atoms with Crippen molar-refractivity contribution in [2.45, 2.75) is 19.4 Å². The predicted octanol–water partition coefficient (Wildman–Crippen LogP) is -0.401. The van der Waals surface area contributed by atoms with Crippen molar-refractivity contribution in [2.24, 2.45) is 11.8 Å². The van der Waals surface area contributed by atoms with Gasteiger partial charge < -0.3 is 15.5 Å². The third-order valence-corrected chi connectivity index (χ3v) is 4.06. The van der Waals surface area contributed by atoms with Gasteiger partial charge in [-0.05, 0) is 0 Å². The summed E-state index contributed by atoms with van der Waals surface area (Å²) in [6.07, 6.45) is 0.0502. The molecule has 106 valence electrons. The van der Waals surface area contributed by atoms with Gasteiger partial charge in [0.25, 0.3) is 0 Å². The second-order valence-corrected chi connectivity index (χ2v) is 5.43. The summed E-state index contributed by atoms with van der Waals surface area (Å²) in [5, 5.41) is 20.0. The molecule has 1 aliphatic carbocycles. The fourth-order valence-corrected chi connectivity index (χ4v) is 3.05. The zero-order valence-electron chi connectivity index (χ0n) is 10.3. The molecule has 0 aromatic carbocycles. The number of carboxylic acids is 2. The topological polar surface area (TPSA) is 121 Å². The lowest BCUT2D eigenvalue weighted by molar-refractivity contribution is -0.154. The molecular weight excluding hydrogens is 274 g/mol. The Labute approximate surface area is 113 Å². The van der Waals surface area contributed by atoms with Crippen LogP contribution in [-0.4, -0.2) is 51.4 Å². The summed E-state index contributed by atoms with van der Waals surface area (Å²) >= 11 is 1.16. The summed E-state index contributed by atoms with van der Waals surface area (Å²) in [7, 11) is 0. The average molecular weight is 289 g/mol. The number of ketones is 1. The van der Waals surface area contributed by atoms with E-state index >= 15 is 0 Å². The fourth-order valence-electron chi connectivity index (χ4n) is 1.78. The number of rotatable bonds is 7. The molecule has 1 amide bonds.